The van der Waals surface area contributed by atoms with Gasteiger partial charge in [0.15, 0.2) is 0 Å². The van der Waals surface area contributed by atoms with Gasteiger partial charge in [0.25, 0.3) is 0 Å². The smallest absolute Gasteiger partial charge is 0.249 e. The van der Waals surface area contributed by atoms with E-state index >= 15 is 0 Å². The lowest BCUT2D eigenvalue weighted by Gasteiger charge is -2.21. The summed E-state index contributed by atoms with van der Waals surface area (Å²) in [6.07, 6.45) is 70.9. The highest BCUT2D eigenvalue weighted by atomic mass is 16.3. The first kappa shape index (κ1) is 62.6. The summed E-state index contributed by atoms with van der Waals surface area (Å²) in [5.74, 6) is -0.511. The zero-order chi connectivity index (χ0) is 46.5. The van der Waals surface area contributed by atoms with E-state index in [1.807, 2.05) is 6.08 Å². The number of unbranched alkanes of at least 4 members (excludes halogenated alkanes) is 41. The van der Waals surface area contributed by atoms with Crippen LogP contribution in [-0.4, -0.2) is 46.1 Å². The summed E-state index contributed by atoms with van der Waals surface area (Å²) in [7, 11) is 0. The highest BCUT2D eigenvalue weighted by Crippen LogP contribution is 2.17. The van der Waals surface area contributed by atoms with Crippen LogP contribution in [0.25, 0.3) is 0 Å². The molecule has 1 amide bonds. The number of allylic oxidation sites excluding steroid dienone is 5. The molecule has 5 heteroatoms. The van der Waals surface area contributed by atoms with Gasteiger partial charge in [-0.2, -0.15) is 0 Å². The predicted molar refractivity (Wildman–Crippen MR) is 282 cm³/mol. The molecule has 0 spiro atoms. The van der Waals surface area contributed by atoms with Crippen molar-refractivity contribution in [2.75, 3.05) is 6.61 Å². The molecule has 0 radical (unpaired) electrons. The van der Waals surface area contributed by atoms with Crippen LogP contribution in [0.3, 0.4) is 0 Å². The minimum Gasteiger partial charge on any atom is -0.394 e. The number of aliphatic hydroxyl groups excluding tert-OH is 3. The summed E-state index contributed by atoms with van der Waals surface area (Å²) in [5.41, 5.74) is 0. The maximum Gasteiger partial charge on any atom is 0.249 e. The van der Waals surface area contributed by atoms with Gasteiger partial charge in [-0.3, -0.25) is 4.79 Å². The first-order chi connectivity index (χ1) is 31.6. The number of rotatable bonds is 53. The normalized spacial score (nSPS) is 13.5. The lowest BCUT2D eigenvalue weighted by molar-refractivity contribution is -0.131. The second kappa shape index (κ2) is 54.2. The van der Waals surface area contributed by atoms with Crippen molar-refractivity contribution in [1.82, 2.24) is 5.32 Å². The molecule has 0 fully saturated rings. The van der Waals surface area contributed by atoms with Gasteiger partial charge in [0.05, 0.1) is 18.8 Å². The Morgan fingerprint density at radius 1 is 0.375 bits per heavy atom. The lowest BCUT2D eigenvalue weighted by atomic mass is 10.0. The summed E-state index contributed by atoms with van der Waals surface area (Å²) in [6, 6.07) is -0.816. The number of carbonyl (C=O) groups is 1. The number of aliphatic hydroxyl groups is 3. The summed E-state index contributed by atoms with van der Waals surface area (Å²) in [5, 5.41) is 33.4. The summed E-state index contributed by atoms with van der Waals surface area (Å²) in [6.45, 7) is 4.21. The molecule has 0 aliphatic heterocycles. The first-order valence-corrected chi connectivity index (χ1v) is 28.8. The zero-order valence-corrected chi connectivity index (χ0v) is 43.2. The van der Waals surface area contributed by atoms with Crippen molar-refractivity contribution in [2.24, 2.45) is 0 Å². The fourth-order valence-electron chi connectivity index (χ4n) is 8.96. The van der Waals surface area contributed by atoms with Crippen LogP contribution in [-0.2, 0) is 4.79 Å². The molecular weight excluding hydrogens is 787 g/mol. The number of carbonyl (C=O) groups excluding carboxylic acids is 1. The molecule has 5 nitrogen and oxygen atoms in total. The SMILES string of the molecule is CCCCCCCCCCCCCC/C=C\CCCCCCCCCCCC(O)C(=O)NC(CO)C(O)/C=C/CC/C=C/CCCCCCCCCCCCCCCCCCCCC. The Morgan fingerprint density at radius 2 is 0.641 bits per heavy atom. The van der Waals surface area contributed by atoms with Gasteiger partial charge in [-0.15, -0.1) is 0 Å². The molecule has 3 atom stereocenters. The van der Waals surface area contributed by atoms with Crippen LogP contribution in [0.15, 0.2) is 36.5 Å². The average Bonchev–Trinajstić information content (AvgIpc) is 3.30. The van der Waals surface area contributed by atoms with Gasteiger partial charge in [0.2, 0.25) is 5.91 Å². The van der Waals surface area contributed by atoms with Crippen LogP contribution in [0.5, 0.6) is 0 Å². The van der Waals surface area contributed by atoms with Gasteiger partial charge >= 0.3 is 0 Å². The van der Waals surface area contributed by atoms with Crippen molar-refractivity contribution >= 4 is 5.91 Å². The van der Waals surface area contributed by atoms with Crippen LogP contribution in [0.4, 0.5) is 0 Å². The summed E-state index contributed by atoms with van der Waals surface area (Å²) < 4.78 is 0. The third-order valence-electron chi connectivity index (χ3n) is 13.5. The molecule has 0 aromatic carbocycles. The van der Waals surface area contributed by atoms with E-state index in [9.17, 15) is 20.1 Å². The van der Waals surface area contributed by atoms with Crippen LogP contribution in [0.2, 0.25) is 0 Å². The van der Waals surface area contributed by atoms with E-state index in [0.29, 0.717) is 6.42 Å². The highest BCUT2D eigenvalue weighted by molar-refractivity contribution is 5.80. The van der Waals surface area contributed by atoms with E-state index in [1.54, 1.807) is 6.08 Å². The number of hydrogen-bond acceptors (Lipinski definition) is 4. The van der Waals surface area contributed by atoms with E-state index in [4.69, 9.17) is 0 Å². The minimum absolute atomic E-state index is 0.375. The maximum absolute atomic E-state index is 12.6. The van der Waals surface area contributed by atoms with Crippen molar-refractivity contribution in [1.29, 1.82) is 0 Å². The first-order valence-electron chi connectivity index (χ1n) is 28.8. The molecule has 64 heavy (non-hydrogen) atoms. The number of nitrogens with one attached hydrogen (secondary N) is 1. The third kappa shape index (κ3) is 48.5. The molecule has 0 aliphatic carbocycles. The van der Waals surface area contributed by atoms with Gasteiger partial charge in [-0.25, -0.2) is 0 Å². The summed E-state index contributed by atoms with van der Waals surface area (Å²) >= 11 is 0. The van der Waals surface area contributed by atoms with E-state index in [2.05, 4.69) is 43.5 Å². The van der Waals surface area contributed by atoms with Crippen molar-refractivity contribution in [2.45, 2.75) is 327 Å². The largest absolute Gasteiger partial charge is 0.394 e. The molecule has 0 saturated heterocycles. The van der Waals surface area contributed by atoms with Crippen LogP contribution in [0.1, 0.15) is 309 Å². The molecule has 0 rings (SSSR count). The Bertz CT molecular complexity index is 993. The van der Waals surface area contributed by atoms with Gasteiger partial charge in [-0.05, 0) is 57.8 Å². The highest BCUT2D eigenvalue weighted by Gasteiger charge is 2.22. The molecule has 0 aliphatic rings. The monoisotopic (exact) mass is 900 g/mol. The molecule has 3 unspecified atom stereocenters. The minimum atomic E-state index is -1.11. The molecule has 0 heterocycles. The lowest BCUT2D eigenvalue weighted by Crippen LogP contribution is -2.48. The van der Waals surface area contributed by atoms with Crippen molar-refractivity contribution < 1.29 is 20.1 Å². The second-order valence-corrected chi connectivity index (χ2v) is 19.8. The maximum atomic E-state index is 12.6. The zero-order valence-electron chi connectivity index (χ0n) is 43.2. The van der Waals surface area contributed by atoms with Crippen LogP contribution >= 0.6 is 0 Å². The standard InChI is InChI=1S/C59H113NO4/c1-3-5-7-9-11-13-15-17-19-21-23-25-27-29-31-33-35-37-39-41-43-45-47-49-51-53-57(62)56(55-61)60-59(64)58(63)54-52-50-48-46-44-42-40-38-36-34-32-30-28-26-24-22-20-18-16-14-12-10-8-6-4-2/h30,32,43,45,51,53,56-58,61-63H,3-29,31,33-42,44,46-50,52,54-55H2,1-2H3,(H,60,64)/b32-30-,45-43+,53-51+. The molecule has 378 valence electrons. The molecule has 0 saturated carbocycles. The molecule has 0 bridgehead atoms. The van der Waals surface area contributed by atoms with Crippen molar-refractivity contribution in [3.8, 4) is 0 Å². The molecule has 0 aromatic rings. The van der Waals surface area contributed by atoms with E-state index in [0.717, 1.165) is 38.5 Å². The van der Waals surface area contributed by atoms with Crippen LogP contribution in [0, 0.1) is 0 Å². The third-order valence-corrected chi connectivity index (χ3v) is 13.5. The summed E-state index contributed by atoms with van der Waals surface area (Å²) in [4.78, 5) is 12.6. The van der Waals surface area contributed by atoms with Crippen molar-refractivity contribution in [3.05, 3.63) is 36.5 Å². The fourth-order valence-corrected chi connectivity index (χ4v) is 8.96. The average molecular weight is 901 g/mol. The Hall–Kier alpha value is -1.43. The van der Waals surface area contributed by atoms with E-state index in [-0.39, 0.29) is 6.61 Å². The fraction of sp³-hybridized carbons (Fsp3) is 0.881. The predicted octanol–water partition coefficient (Wildman–Crippen LogP) is 17.8. The Morgan fingerprint density at radius 3 is 0.953 bits per heavy atom. The van der Waals surface area contributed by atoms with Gasteiger partial charge in [-0.1, -0.05) is 288 Å². The van der Waals surface area contributed by atoms with Gasteiger partial charge in [0.1, 0.15) is 6.10 Å². The molecule has 0 aromatic heterocycles. The number of amides is 1. The van der Waals surface area contributed by atoms with Gasteiger partial charge in [0, 0.05) is 0 Å². The Labute approximate surface area is 400 Å². The Kier molecular flexibility index (Phi) is 53.0. The number of hydrogen-bond donors (Lipinski definition) is 4. The van der Waals surface area contributed by atoms with Crippen molar-refractivity contribution in [3.63, 3.8) is 0 Å². The Balaban J connectivity index is 3.60. The molecule has 4 N–H and O–H groups in total. The second-order valence-electron chi connectivity index (χ2n) is 19.8. The van der Waals surface area contributed by atoms with E-state index in [1.165, 1.54) is 250 Å². The topological polar surface area (TPSA) is 89.8 Å². The van der Waals surface area contributed by atoms with Crippen LogP contribution < -0.4 is 5.32 Å². The van der Waals surface area contributed by atoms with Gasteiger partial charge < -0.3 is 20.6 Å². The quantitative estimate of drug-likeness (QED) is 0.0362. The van der Waals surface area contributed by atoms with E-state index < -0.39 is 24.2 Å². The molecular formula is C59H113NO4.